The summed E-state index contributed by atoms with van der Waals surface area (Å²) in [6.07, 6.45) is -8.29. The van der Waals surface area contributed by atoms with E-state index in [9.17, 15) is 46.1 Å². The van der Waals surface area contributed by atoms with Crippen LogP contribution in [0.2, 0.25) is 0 Å². The van der Waals surface area contributed by atoms with Gasteiger partial charge in [-0.1, -0.05) is 30.3 Å². The number of carbonyl (C=O) groups excluding carboxylic acids is 2. The van der Waals surface area contributed by atoms with Gasteiger partial charge in [0.05, 0.1) is 48.0 Å². The minimum absolute atomic E-state index is 0.0175. The monoisotopic (exact) mass is 661 g/mol. The van der Waals surface area contributed by atoms with E-state index in [1.807, 2.05) is 36.4 Å². The third-order valence-electron chi connectivity index (χ3n) is 9.00. The van der Waals surface area contributed by atoms with Gasteiger partial charge in [0, 0.05) is 5.92 Å². The highest BCUT2D eigenvalue weighted by molar-refractivity contribution is 6.22. The molecule has 3 aromatic rings. The van der Waals surface area contributed by atoms with Crippen molar-refractivity contribution in [1.82, 2.24) is 0 Å². The highest BCUT2D eigenvalue weighted by atomic mass is 19.4. The van der Waals surface area contributed by atoms with E-state index in [-0.39, 0.29) is 25.7 Å². The number of halogens is 6. The van der Waals surface area contributed by atoms with Gasteiger partial charge in [-0.15, -0.1) is 0 Å². The second kappa shape index (κ2) is 12.4. The molecule has 13 heteroatoms. The first kappa shape index (κ1) is 32.7. The van der Waals surface area contributed by atoms with Gasteiger partial charge < -0.3 is 19.4 Å². The van der Waals surface area contributed by atoms with Crippen LogP contribution < -0.4 is 4.90 Å². The van der Waals surface area contributed by atoms with Crippen molar-refractivity contribution in [2.24, 2.45) is 17.8 Å². The number of aliphatic hydroxyl groups excluding tert-OH is 2. The number of amides is 2. The number of aliphatic hydroxyl groups is 2. The van der Waals surface area contributed by atoms with Crippen molar-refractivity contribution in [3.05, 3.63) is 100 Å². The molecule has 7 nitrogen and oxygen atoms in total. The fourth-order valence-electron chi connectivity index (χ4n) is 6.91. The minimum Gasteiger partial charge on any atom is -0.459 e. The standard InChI is InChI=1S/C34H29F6NO6/c35-33(36,37)21-12-22(34(38,39)40)14-23(13-21)41-31(44)26-11-20(15-42)29-27(30(26)32(41)45)17-46-28(29)9-6-19(18-4-2-1-3-5-18)10-24-7-8-25(16-43)47-24/h1-5,7-8,10,12-14,26-28,30,42-43H,6,9,11,15-17H2/b19-10-/t26-,27+,28-,30-/m1/s1. The fourth-order valence-corrected chi connectivity index (χ4v) is 6.91. The summed E-state index contributed by atoms with van der Waals surface area (Å²) in [6, 6.07) is 13.5. The second-order valence-electron chi connectivity index (χ2n) is 11.8. The zero-order valence-corrected chi connectivity index (χ0v) is 24.6. The van der Waals surface area contributed by atoms with E-state index in [1.54, 1.807) is 12.1 Å². The molecule has 6 rings (SSSR count). The third kappa shape index (κ3) is 6.27. The van der Waals surface area contributed by atoms with Gasteiger partial charge in [0.2, 0.25) is 11.8 Å². The first-order valence-electron chi connectivity index (χ1n) is 14.9. The number of alkyl halides is 6. The van der Waals surface area contributed by atoms with Crippen molar-refractivity contribution in [2.75, 3.05) is 18.1 Å². The Balaban J connectivity index is 1.29. The van der Waals surface area contributed by atoms with E-state index in [1.165, 1.54) is 0 Å². The number of furan rings is 1. The number of allylic oxidation sites excluding steroid dienone is 1. The molecule has 0 saturated carbocycles. The van der Waals surface area contributed by atoms with Gasteiger partial charge in [0.1, 0.15) is 18.1 Å². The Kier molecular flexibility index (Phi) is 8.66. The predicted molar refractivity (Wildman–Crippen MR) is 156 cm³/mol. The molecule has 1 aromatic heterocycles. The number of carbonyl (C=O) groups is 2. The molecule has 0 bridgehead atoms. The number of imide groups is 1. The number of hydrogen-bond donors (Lipinski definition) is 2. The largest absolute Gasteiger partial charge is 0.459 e. The number of benzene rings is 2. The Morgan fingerprint density at radius 1 is 0.872 bits per heavy atom. The topological polar surface area (TPSA) is 100 Å². The summed E-state index contributed by atoms with van der Waals surface area (Å²) in [4.78, 5) is 27.7. The SMILES string of the molecule is O=C1[C@@H]2[C@@H](CC(CO)=C3[C@@H](CC/C(=C/c4ccc(CO)o4)c4ccccc4)OC[C@@H]32)C(=O)N1c1cc(C(F)(F)F)cc(C(F)(F)F)c1. The van der Waals surface area contributed by atoms with Crippen molar-refractivity contribution in [1.29, 1.82) is 0 Å². The van der Waals surface area contributed by atoms with E-state index < -0.39 is 71.4 Å². The number of hydrogen-bond acceptors (Lipinski definition) is 6. The van der Waals surface area contributed by atoms with E-state index in [0.717, 1.165) is 11.1 Å². The first-order valence-corrected chi connectivity index (χ1v) is 14.9. The van der Waals surface area contributed by atoms with Crippen LogP contribution in [0.5, 0.6) is 0 Å². The maximum absolute atomic E-state index is 13.8. The summed E-state index contributed by atoms with van der Waals surface area (Å²) in [5.74, 6) is -3.77. The van der Waals surface area contributed by atoms with Crippen LogP contribution in [-0.2, 0) is 33.3 Å². The van der Waals surface area contributed by atoms with E-state index >= 15 is 0 Å². The molecule has 47 heavy (non-hydrogen) atoms. The first-order chi connectivity index (χ1) is 22.3. The van der Waals surface area contributed by atoms with E-state index in [2.05, 4.69) is 0 Å². The summed E-state index contributed by atoms with van der Waals surface area (Å²) < 4.78 is 93.2. The molecule has 2 amide bonds. The zero-order chi connectivity index (χ0) is 33.7. The van der Waals surface area contributed by atoms with E-state index in [0.29, 0.717) is 52.5 Å². The summed E-state index contributed by atoms with van der Waals surface area (Å²) in [6.45, 7) is -0.742. The number of ether oxygens (including phenoxy) is 1. The quantitative estimate of drug-likeness (QED) is 0.160. The maximum atomic E-state index is 13.8. The lowest BCUT2D eigenvalue weighted by atomic mass is 9.69. The third-order valence-corrected chi connectivity index (χ3v) is 9.00. The lowest BCUT2D eigenvalue weighted by molar-refractivity contribution is -0.143. The molecule has 248 valence electrons. The Morgan fingerprint density at radius 2 is 1.55 bits per heavy atom. The molecule has 2 N–H and O–H groups in total. The molecule has 3 aliphatic rings. The van der Waals surface area contributed by atoms with Crippen LogP contribution in [0.25, 0.3) is 11.6 Å². The average molecular weight is 662 g/mol. The lowest BCUT2D eigenvalue weighted by Crippen LogP contribution is -2.35. The van der Waals surface area contributed by atoms with Gasteiger partial charge in [-0.3, -0.25) is 9.59 Å². The van der Waals surface area contributed by atoms with Crippen molar-refractivity contribution in [3.63, 3.8) is 0 Å². The highest BCUT2D eigenvalue weighted by Gasteiger charge is 2.57. The van der Waals surface area contributed by atoms with Crippen LogP contribution in [-0.4, -0.2) is 41.3 Å². The van der Waals surface area contributed by atoms with Gasteiger partial charge in [0.15, 0.2) is 0 Å². The van der Waals surface area contributed by atoms with Crippen LogP contribution in [0, 0.1) is 17.8 Å². The smallest absolute Gasteiger partial charge is 0.416 e. The van der Waals surface area contributed by atoms with E-state index in [4.69, 9.17) is 9.15 Å². The molecule has 4 atom stereocenters. The van der Waals surface area contributed by atoms with Gasteiger partial charge in [-0.05, 0) is 78.0 Å². The molecule has 0 unspecified atom stereocenters. The van der Waals surface area contributed by atoms with Crippen LogP contribution in [0.1, 0.15) is 47.5 Å². The van der Waals surface area contributed by atoms with Crippen LogP contribution >= 0.6 is 0 Å². The average Bonchev–Trinajstić information content (AvgIpc) is 3.74. The molecule has 2 fully saturated rings. The molecule has 2 saturated heterocycles. The molecule has 3 heterocycles. The van der Waals surface area contributed by atoms with Crippen LogP contribution in [0.3, 0.4) is 0 Å². The van der Waals surface area contributed by atoms with Gasteiger partial charge in [-0.2, -0.15) is 26.3 Å². The Hall–Kier alpha value is -4.20. The van der Waals surface area contributed by atoms with Crippen molar-refractivity contribution in [2.45, 2.75) is 44.3 Å². The summed E-state index contributed by atoms with van der Waals surface area (Å²) in [5, 5.41) is 19.7. The summed E-state index contributed by atoms with van der Waals surface area (Å²) >= 11 is 0. The Bertz CT molecular complexity index is 1710. The number of fused-ring (bicyclic) bond motifs is 3. The zero-order valence-electron chi connectivity index (χ0n) is 24.6. The molecular weight excluding hydrogens is 632 g/mol. The number of anilines is 1. The summed E-state index contributed by atoms with van der Waals surface area (Å²) in [7, 11) is 0. The van der Waals surface area contributed by atoms with Crippen molar-refractivity contribution >= 4 is 29.2 Å². The van der Waals surface area contributed by atoms with Crippen LogP contribution in [0.15, 0.2) is 76.2 Å². The Labute approximate surface area is 264 Å². The van der Waals surface area contributed by atoms with Crippen molar-refractivity contribution in [3.8, 4) is 0 Å². The maximum Gasteiger partial charge on any atom is 0.416 e. The molecule has 0 spiro atoms. The number of rotatable bonds is 8. The Morgan fingerprint density at radius 3 is 2.15 bits per heavy atom. The predicted octanol–water partition coefficient (Wildman–Crippen LogP) is 6.64. The molecule has 2 aliphatic heterocycles. The van der Waals surface area contributed by atoms with Gasteiger partial charge >= 0.3 is 12.4 Å². The van der Waals surface area contributed by atoms with Crippen molar-refractivity contribution < 1.29 is 55.3 Å². The molecule has 0 radical (unpaired) electrons. The van der Waals surface area contributed by atoms with Gasteiger partial charge in [0.25, 0.3) is 0 Å². The fraction of sp³-hybridized carbons (Fsp3) is 0.353. The molecule has 2 aromatic carbocycles. The summed E-state index contributed by atoms with van der Waals surface area (Å²) in [5.41, 5.74) is -1.22. The molecular formula is C34H29F6NO6. The lowest BCUT2D eigenvalue weighted by Gasteiger charge is -2.31. The normalized spacial score (nSPS) is 23.5. The minimum atomic E-state index is -5.16. The molecule has 1 aliphatic carbocycles. The van der Waals surface area contributed by atoms with Crippen LogP contribution in [0.4, 0.5) is 32.0 Å². The van der Waals surface area contributed by atoms with Gasteiger partial charge in [-0.25, -0.2) is 4.90 Å². The number of nitrogens with zero attached hydrogens (tertiary/aromatic N) is 1. The highest BCUT2D eigenvalue weighted by Crippen LogP contribution is 2.51. The second-order valence-corrected chi connectivity index (χ2v) is 11.8.